The third-order valence-electron chi connectivity index (χ3n) is 4.11. The topological polar surface area (TPSA) is 36.4 Å². The molecule has 0 aliphatic carbocycles. The SMILES string of the molecule is CC(C)N1CCC(N(C)C(=O)c2nc(Cl)ccc2Cl)CC1. The van der Waals surface area contributed by atoms with Crippen molar-refractivity contribution in [1.29, 1.82) is 0 Å². The molecular weight excluding hydrogens is 309 g/mol. The molecule has 2 heterocycles. The minimum Gasteiger partial charge on any atom is -0.337 e. The summed E-state index contributed by atoms with van der Waals surface area (Å²) in [5, 5.41) is 0.627. The molecule has 0 spiro atoms. The minimum atomic E-state index is -0.162. The molecule has 1 saturated heterocycles. The zero-order chi connectivity index (χ0) is 15.6. The van der Waals surface area contributed by atoms with Crippen LogP contribution < -0.4 is 0 Å². The summed E-state index contributed by atoms with van der Waals surface area (Å²) in [5.41, 5.74) is 0.234. The second kappa shape index (κ2) is 6.95. The van der Waals surface area contributed by atoms with Gasteiger partial charge in [-0.15, -0.1) is 0 Å². The van der Waals surface area contributed by atoms with E-state index in [0.717, 1.165) is 25.9 Å². The first-order chi connectivity index (χ1) is 9.90. The lowest BCUT2D eigenvalue weighted by Gasteiger charge is -2.38. The van der Waals surface area contributed by atoms with E-state index in [1.165, 1.54) is 0 Å². The molecule has 116 valence electrons. The number of rotatable bonds is 3. The molecule has 4 nitrogen and oxygen atoms in total. The van der Waals surface area contributed by atoms with Crippen molar-refractivity contribution in [2.45, 2.75) is 38.8 Å². The van der Waals surface area contributed by atoms with Gasteiger partial charge in [-0.2, -0.15) is 0 Å². The van der Waals surface area contributed by atoms with Crippen LogP contribution in [-0.4, -0.2) is 52.9 Å². The second-order valence-corrected chi connectivity index (χ2v) is 6.54. The molecule has 0 atom stereocenters. The van der Waals surface area contributed by atoms with Crippen molar-refractivity contribution in [3.05, 3.63) is 28.0 Å². The Morgan fingerprint density at radius 2 is 1.95 bits per heavy atom. The van der Waals surface area contributed by atoms with Crippen molar-refractivity contribution in [2.24, 2.45) is 0 Å². The van der Waals surface area contributed by atoms with Crippen molar-refractivity contribution < 1.29 is 4.79 Å². The van der Waals surface area contributed by atoms with Crippen molar-refractivity contribution in [3.63, 3.8) is 0 Å². The smallest absolute Gasteiger partial charge is 0.274 e. The maximum Gasteiger partial charge on any atom is 0.274 e. The molecule has 1 aliphatic rings. The number of halogens is 2. The van der Waals surface area contributed by atoms with Crippen LogP contribution in [-0.2, 0) is 0 Å². The molecule has 6 heteroatoms. The Balaban J connectivity index is 2.05. The second-order valence-electron chi connectivity index (χ2n) is 5.74. The first-order valence-electron chi connectivity index (χ1n) is 7.23. The van der Waals surface area contributed by atoms with Gasteiger partial charge in [0.15, 0.2) is 0 Å². The maximum absolute atomic E-state index is 12.5. The molecule has 21 heavy (non-hydrogen) atoms. The third kappa shape index (κ3) is 3.87. The zero-order valence-electron chi connectivity index (χ0n) is 12.6. The van der Waals surface area contributed by atoms with Gasteiger partial charge in [0.2, 0.25) is 0 Å². The van der Waals surface area contributed by atoms with E-state index in [2.05, 4.69) is 23.7 Å². The average molecular weight is 330 g/mol. The van der Waals surface area contributed by atoms with Gasteiger partial charge in [-0.05, 0) is 38.8 Å². The summed E-state index contributed by atoms with van der Waals surface area (Å²) in [7, 11) is 1.82. The van der Waals surface area contributed by atoms with E-state index in [9.17, 15) is 4.79 Å². The fraction of sp³-hybridized carbons (Fsp3) is 0.600. The van der Waals surface area contributed by atoms with E-state index in [1.54, 1.807) is 17.0 Å². The van der Waals surface area contributed by atoms with Crippen LogP contribution in [0.5, 0.6) is 0 Å². The summed E-state index contributed by atoms with van der Waals surface area (Å²) >= 11 is 11.9. The lowest BCUT2D eigenvalue weighted by molar-refractivity contribution is 0.0610. The molecule has 1 aromatic rings. The van der Waals surface area contributed by atoms with E-state index >= 15 is 0 Å². The highest BCUT2D eigenvalue weighted by Crippen LogP contribution is 2.22. The van der Waals surface area contributed by atoms with Gasteiger partial charge in [-0.1, -0.05) is 23.2 Å². The van der Waals surface area contributed by atoms with E-state index < -0.39 is 0 Å². The Hall–Kier alpha value is -0.840. The first-order valence-corrected chi connectivity index (χ1v) is 7.99. The lowest BCUT2D eigenvalue weighted by Crippen LogP contribution is -2.47. The highest BCUT2D eigenvalue weighted by atomic mass is 35.5. The number of piperidine rings is 1. The molecule has 1 aliphatic heterocycles. The minimum absolute atomic E-state index is 0.162. The van der Waals surface area contributed by atoms with Crippen LogP contribution in [0, 0.1) is 0 Å². The largest absolute Gasteiger partial charge is 0.337 e. The molecule has 0 N–H and O–H groups in total. The van der Waals surface area contributed by atoms with E-state index in [0.29, 0.717) is 11.1 Å². The Labute approximate surface area is 136 Å². The Morgan fingerprint density at radius 1 is 1.33 bits per heavy atom. The van der Waals surface area contributed by atoms with Crippen LogP contribution >= 0.6 is 23.2 Å². The Bertz CT molecular complexity index is 514. The number of amides is 1. The van der Waals surface area contributed by atoms with Gasteiger partial charge in [-0.3, -0.25) is 4.79 Å². The van der Waals surface area contributed by atoms with Crippen LogP contribution in [0.25, 0.3) is 0 Å². The summed E-state index contributed by atoms with van der Waals surface area (Å²) in [4.78, 5) is 20.8. The Morgan fingerprint density at radius 3 is 2.52 bits per heavy atom. The number of aromatic nitrogens is 1. The van der Waals surface area contributed by atoms with Crippen molar-refractivity contribution in [2.75, 3.05) is 20.1 Å². The molecule has 1 amide bonds. The summed E-state index contributed by atoms with van der Waals surface area (Å²) < 4.78 is 0. The van der Waals surface area contributed by atoms with Gasteiger partial charge in [0.05, 0.1) is 5.02 Å². The molecule has 0 bridgehead atoms. The zero-order valence-corrected chi connectivity index (χ0v) is 14.2. The predicted octanol–water partition coefficient (Wildman–Crippen LogP) is 3.33. The molecule has 0 radical (unpaired) electrons. The molecular formula is C15H21Cl2N3O. The number of pyridine rings is 1. The number of likely N-dealkylation sites (tertiary alicyclic amines) is 1. The maximum atomic E-state index is 12.5. The van der Waals surface area contributed by atoms with Gasteiger partial charge in [0.1, 0.15) is 10.8 Å². The summed E-state index contributed by atoms with van der Waals surface area (Å²) in [6, 6.07) is 3.97. The van der Waals surface area contributed by atoms with Crippen LogP contribution in [0.3, 0.4) is 0 Å². The summed E-state index contributed by atoms with van der Waals surface area (Å²) in [5.74, 6) is -0.162. The number of nitrogens with zero attached hydrogens (tertiary/aromatic N) is 3. The lowest BCUT2D eigenvalue weighted by atomic mass is 10.0. The fourth-order valence-corrected chi connectivity index (χ4v) is 3.02. The number of carbonyl (C=O) groups is 1. The molecule has 2 rings (SSSR count). The standard InChI is InChI=1S/C15H21Cl2N3O/c1-10(2)20-8-6-11(7-9-20)19(3)15(21)14-12(16)4-5-13(17)18-14/h4-5,10-11H,6-9H2,1-3H3. The van der Waals surface area contributed by atoms with E-state index in [4.69, 9.17) is 23.2 Å². The van der Waals surface area contributed by atoms with E-state index in [1.807, 2.05) is 7.05 Å². The number of carbonyl (C=O) groups excluding carboxylic acids is 1. The highest BCUT2D eigenvalue weighted by molar-refractivity contribution is 6.34. The number of hydrogen-bond donors (Lipinski definition) is 0. The van der Waals surface area contributed by atoms with Crippen LogP contribution in [0.4, 0.5) is 0 Å². The van der Waals surface area contributed by atoms with Gasteiger partial charge in [0.25, 0.3) is 5.91 Å². The predicted molar refractivity (Wildman–Crippen MR) is 86.1 cm³/mol. The van der Waals surface area contributed by atoms with Crippen LogP contribution in [0.2, 0.25) is 10.2 Å². The fourth-order valence-electron chi connectivity index (χ4n) is 2.69. The van der Waals surface area contributed by atoms with Gasteiger partial charge < -0.3 is 9.80 Å². The average Bonchev–Trinajstić information content (AvgIpc) is 2.48. The van der Waals surface area contributed by atoms with E-state index in [-0.39, 0.29) is 22.8 Å². The third-order valence-corrected chi connectivity index (χ3v) is 4.63. The summed E-state index contributed by atoms with van der Waals surface area (Å²) in [6.07, 6.45) is 1.94. The van der Waals surface area contributed by atoms with Gasteiger partial charge in [0, 0.05) is 32.2 Å². The van der Waals surface area contributed by atoms with Crippen LogP contribution in [0.1, 0.15) is 37.2 Å². The quantitative estimate of drug-likeness (QED) is 0.798. The normalized spacial score (nSPS) is 17.2. The van der Waals surface area contributed by atoms with Crippen molar-refractivity contribution >= 4 is 29.1 Å². The highest BCUT2D eigenvalue weighted by Gasteiger charge is 2.28. The molecule has 1 fully saturated rings. The van der Waals surface area contributed by atoms with Crippen LogP contribution in [0.15, 0.2) is 12.1 Å². The van der Waals surface area contributed by atoms with Crippen molar-refractivity contribution in [1.82, 2.24) is 14.8 Å². The first kappa shape index (κ1) is 16.5. The van der Waals surface area contributed by atoms with Crippen molar-refractivity contribution in [3.8, 4) is 0 Å². The molecule has 0 unspecified atom stereocenters. The Kier molecular flexibility index (Phi) is 5.47. The van der Waals surface area contributed by atoms with Gasteiger partial charge >= 0.3 is 0 Å². The monoisotopic (exact) mass is 329 g/mol. The molecule has 0 saturated carbocycles. The molecule has 0 aromatic carbocycles. The molecule has 1 aromatic heterocycles. The number of hydrogen-bond acceptors (Lipinski definition) is 3. The summed E-state index contributed by atoms with van der Waals surface area (Å²) in [6.45, 7) is 6.42. The van der Waals surface area contributed by atoms with Gasteiger partial charge in [-0.25, -0.2) is 4.98 Å².